The van der Waals surface area contributed by atoms with Crippen molar-refractivity contribution in [2.24, 2.45) is 0 Å². The first kappa shape index (κ1) is 18.4. The number of carbonyl (C=O) groups is 2. The van der Waals surface area contributed by atoms with Gasteiger partial charge in [-0.05, 0) is 25.3 Å². The summed E-state index contributed by atoms with van der Waals surface area (Å²) < 4.78 is 0. The molecule has 0 radical (unpaired) electrons. The van der Waals surface area contributed by atoms with Crippen LogP contribution in [0, 0.1) is 6.92 Å². The minimum absolute atomic E-state index is 0.115. The zero-order chi connectivity index (χ0) is 18.4. The lowest BCUT2D eigenvalue weighted by atomic mass is 9.96. The molecule has 0 bridgehead atoms. The van der Waals surface area contributed by atoms with Crippen LogP contribution in [-0.2, 0) is 17.9 Å². The van der Waals surface area contributed by atoms with Gasteiger partial charge in [0.1, 0.15) is 5.54 Å². The Kier molecular flexibility index (Phi) is 5.88. The highest BCUT2D eigenvalue weighted by Crippen LogP contribution is 2.30. The van der Waals surface area contributed by atoms with Crippen LogP contribution in [0.4, 0.5) is 4.79 Å². The molecule has 0 atom stereocenters. The van der Waals surface area contributed by atoms with E-state index in [1.807, 2.05) is 37.3 Å². The largest absolute Gasteiger partial charge is 0.349 e. The van der Waals surface area contributed by atoms with Crippen LogP contribution in [0.1, 0.15) is 41.1 Å². The maximum atomic E-state index is 12.8. The lowest BCUT2D eigenvalue weighted by Crippen LogP contribution is -2.59. The monoisotopic (exact) mass is 372 g/mol. The van der Waals surface area contributed by atoms with Crippen LogP contribution in [0.2, 0.25) is 0 Å². The van der Waals surface area contributed by atoms with E-state index in [0.717, 1.165) is 28.3 Å². The predicted molar refractivity (Wildman–Crippen MR) is 102 cm³/mol. The van der Waals surface area contributed by atoms with Crippen molar-refractivity contribution < 1.29 is 9.59 Å². The van der Waals surface area contributed by atoms with E-state index in [9.17, 15) is 9.59 Å². The molecule has 6 nitrogen and oxygen atoms in total. The Morgan fingerprint density at radius 3 is 2.50 bits per heavy atom. The molecule has 0 saturated heterocycles. The number of aromatic nitrogens is 1. The van der Waals surface area contributed by atoms with Crippen LogP contribution in [-0.4, -0.2) is 22.5 Å². The van der Waals surface area contributed by atoms with Gasteiger partial charge >= 0.3 is 6.03 Å². The molecule has 1 aliphatic carbocycles. The van der Waals surface area contributed by atoms with Gasteiger partial charge in [-0.2, -0.15) is 0 Å². The molecule has 1 aromatic heterocycles. The lowest BCUT2D eigenvalue weighted by molar-refractivity contribution is -0.127. The van der Waals surface area contributed by atoms with E-state index in [1.54, 1.807) is 17.5 Å². The fraction of sp³-hybridized carbons (Fsp3) is 0.421. The summed E-state index contributed by atoms with van der Waals surface area (Å²) in [5, 5.41) is 9.71. The highest BCUT2D eigenvalue weighted by atomic mass is 32.1. The minimum Gasteiger partial charge on any atom is -0.349 e. The minimum atomic E-state index is -0.819. The summed E-state index contributed by atoms with van der Waals surface area (Å²) in [4.78, 5) is 30.3. The Hall–Kier alpha value is -2.41. The van der Waals surface area contributed by atoms with Crippen molar-refractivity contribution in [3.8, 4) is 0 Å². The van der Waals surface area contributed by atoms with Crippen molar-refractivity contribution in [2.45, 2.75) is 51.2 Å². The van der Waals surface area contributed by atoms with Crippen molar-refractivity contribution in [1.82, 2.24) is 20.9 Å². The van der Waals surface area contributed by atoms with E-state index in [-0.39, 0.29) is 11.9 Å². The average molecular weight is 372 g/mol. The molecule has 1 saturated carbocycles. The number of urea groups is 1. The SMILES string of the molecule is Cc1ncc(CNC(=O)C2(NC(=O)NCc3ccccc3)CCCC2)s1. The van der Waals surface area contributed by atoms with Gasteiger partial charge in [-0.3, -0.25) is 4.79 Å². The second-order valence-corrected chi connectivity index (χ2v) is 7.93. The van der Waals surface area contributed by atoms with Crippen molar-refractivity contribution in [2.75, 3.05) is 0 Å². The standard InChI is InChI=1S/C19H24N4O2S/c1-14-20-12-16(26-14)13-21-17(24)19(9-5-6-10-19)23-18(25)22-11-15-7-3-2-4-8-15/h2-4,7-8,12H,5-6,9-11,13H2,1H3,(H,21,24)(H2,22,23,25). The number of aryl methyl sites for hydroxylation is 1. The maximum absolute atomic E-state index is 12.8. The number of hydrogen-bond acceptors (Lipinski definition) is 4. The van der Waals surface area contributed by atoms with Crippen LogP contribution in [0.3, 0.4) is 0 Å². The second-order valence-electron chi connectivity index (χ2n) is 6.61. The number of rotatable bonds is 6. The molecule has 1 aliphatic rings. The van der Waals surface area contributed by atoms with Crippen molar-refractivity contribution >= 4 is 23.3 Å². The predicted octanol–water partition coefficient (Wildman–Crippen LogP) is 2.88. The molecule has 0 unspecified atom stereocenters. The summed E-state index contributed by atoms with van der Waals surface area (Å²) in [6, 6.07) is 9.40. The molecule has 7 heteroatoms. The van der Waals surface area contributed by atoms with E-state index in [0.29, 0.717) is 25.9 Å². The van der Waals surface area contributed by atoms with Gasteiger partial charge in [0.15, 0.2) is 0 Å². The third-order valence-electron chi connectivity index (χ3n) is 4.63. The number of carbonyl (C=O) groups excluding carboxylic acids is 2. The van der Waals surface area contributed by atoms with E-state index in [1.165, 1.54) is 0 Å². The molecule has 1 fully saturated rings. The number of benzene rings is 1. The molecule has 1 aromatic carbocycles. The van der Waals surface area contributed by atoms with Gasteiger partial charge < -0.3 is 16.0 Å². The Bertz CT molecular complexity index is 754. The third-order valence-corrected chi connectivity index (χ3v) is 5.55. The molecule has 138 valence electrons. The van der Waals surface area contributed by atoms with Crippen LogP contribution in [0.5, 0.6) is 0 Å². The summed E-state index contributed by atoms with van der Waals surface area (Å²) in [6.45, 7) is 2.82. The van der Waals surface area contributed by atoms with Gasteiger partial charge in [-0.15, -0.1) is 11.3 Å². The van der Waals surface area contributed by atoms with Crippen LogP contribution in [0.15, 0.2) is 36.5 Å². The number of nitrogens with zero attached hydrogens (tertiary/aromatic N) is 1. The Morgan fingerprint density at radius 2 is 1.85 bits per heavy atom. The van der Waals surface area contributed by atoms with Crippen LogP contribution >= 0.6 is 11.3 Å². The molecule has 2 aromatic rings. The van der Waals surface area contributed by atoms with Gasteiger partial charge in [-0.25, -0.2) is 9.78 Å². The molecular formula is C19H24N4O2S. The molecule has 26 heavy (non-hydrogen) atoms. The summed E-state index contributed by atoms with van der Waals surface area (Å²) in [6.07, 6.45) is 4.98. The smallest absolute Gasteiger partial charge is 0.315 e. The van der Waals surface area contributed by atoms with Crippen LogP contribution < -0.4 is 16.0 Å². The summed E-state index contributed by atoms with van der Waals surface area (Å²) >= 11 is 1.57. The topological polar surface area (TPSA) is 83.1 Å². The van der Waals surface area contributed by atoms with Gasteiger partial charge in [-0.1, -0.05) is 43.2 Å². The first-order valence-electron chi connectivity index (χ1n) is 8.87. The molecule has 3 rings (SSSR count). The molecule has 3 amide bonds. The molecule has 1 heterocycles. The van der Waals surface area contributed by atoms with E-state index >= 15 is 0 Å². The molecule has 0 aliphatic heterocycles. The number of amides is 3. The van der Waals surface area contributed by atoms with Crippen molar-refractivity contribution in [3.63, 3.8) is 0 Å². The van der Waals surface area contributed by atoms with E-state index in [4.69, 9.17) is 0 Å². The molecule has 0 spiro atoms. The average Bonchev–Trinajstić information content (AvgIpc) is 3.28. The Morgan fingerprint density at radius 1 is 1.12 bits per heavy atom. The first-order valence-corrected chi connectivity index (χ1v) is 9.69. The molecular weight excluding hydrogens is 348 g/mol. The summed E-state index contributed by atoms with van der Waals surface area (Å²) in [5.41, 5.74) is 0.202. The quantitative estimate of drug-likeness (QED) is 0.729. The van der Waals surface area contributed by atoms with Gasteiger partial charge in [0, 0.05) is 17.6 Å². The number of nitrogens with one attached hydrogen (secondary N) is 3. The number of thiazole rings is 1. The first-order chi connectivity index (χ1) is 12.6. The Balaban J connectivity index is 1.56. The summed E-state index contributed by atoms with van der Waals surface area (Å²) in [7, 11) is 0. The van der Waals surface area contributed by atoms with Crippen LogP contribution in [0.25, 0.3) is 0 Å². The third kappa shape index (κ3) is 4.60. The fourth-order valence-corrected chi connectivity index (χ4v) is 3.99. The lowest BCUT2D eigenvalue weighted by Gasteiger charge is -2.29. The summed E-state index contributed by atoms with van der Waals surface area (Å²) in [5.74, 6) is -0.115. The zero-order valence-corrected chi connectivity index (χ0v) is 15.7. The fourth-order valence-electron chi connectivity index (χ4n) is 3.25. The van der Waals surface area contributed by atoms with E-state index < -0.39 is 5.54 Å². The van der Waals surface area contributed by atoms with Crippen molar-refractivity contribution in [3.05, 3.63) is 52.0 Å². The van der Waals surface area contributed by atoms with Crippen molar-refractivity contribution in [1.29, 1.82) is 0 Å². The molecule has 3 N–H and O–H groups in total. The van der Waals surface area contributed by atoms with Gasteiger partial charge in [0.2, 0.25) is 5.91 Å². The second kappa shape index (κ2) is 8.31. The highest BCUT2D eigenvalue weighted by Gasteiger charge is 2.42. The van der Waals surface area contributed by atoms with Gasteiger partial charge in [0.05, 0.1) is 11.6 Å². The zero-order valence-electron chi connectivity index (χ0n) is 14.9. The highest BCUT2D eigenvalue weighted by molar-refractivity contribution is 7.11. The number of hydrogen-bond donors (Lipinski definition) is 3. The Labute approximate surface area is 157 Å². The maximum Gasteiger partial charge on any atom is 0.315 e. The normalized spacial score (nSPS) is 15.4. The van der Waals surface area contributed by atoms with Gasteiger partial charge in [0.25, 0.3) is 0 Å². The van der Waals surface area contributed by atoms with E-state index in [2.05, 4.69) is 20.9 Å².